The van der Waals surface area contributed by atoms with Gasteiger partial charge in [0, 0.05) is 30.6 Å². The van der Waals surface area contributed by atoms with E-state index in [4.69, 9.17) is 9.47 Å². The van der Waals surface area contributed by atoms with Crippen molar-refractivity contribution < 1.29 is 31.8 Å². The molecule has 0 radical (unpaired) electrons. The molecule has 1 N–H and O–H groups in total. The van der Waals surface area contributed by atoms with E-state index >= 15 is 0 Å². The summed E-state index contributed by atoms with van der Waals surface area (Å²) in [5.41, 5.74) is -1.95. The van der Waals surface area contributed by atoms with Gasteiger partial charge in [0.1, 0.15) is 6.61 Å². The number of carbonyl (C=O) groups excluding carboxylic acids is 1. The fourth-order valence-corrected chi connectivity index (χ4v) is 2.90. The molecule has 0 aliphatic carbocycles. The second-order valence-electron chi connectivity index (χ2n) is 6.90. The first-order valence-corrected chi connectivity index (χ1v) is 9.61. The molecule has 0 bridgehead atoms. The molecule has 0 unspecified atom stereocenters. The Kier molecular flexibility index (Phi) is 7.12. The molecule has 0 saturated carbocycles. The molecular formula is C22H19F4N3O4. The van der Waals surface area contributed by atoms with Crippen molar-refractivity contribution in [2.45, 2.75) is 13.1 Å². The molecule has 0 fully saturated rings. The van der Waals surface area contributed by atoms with Crippen LogP contribution in [0.3, 0.4) is 0 Å². The third kappa shape index (κ3) is 5.75. The zero-order valence-electron chi connectivity index (χ0n) is 17.6. The van der Waals surface area contributed by atoms with Crippen LogP contribution in [0.1, 0.15) is 21.7 Å². The van der Waals surface area contributed by atoms with E-state index in [-0.39, 0.29) is 36.0 Å². The fraction of sp³-hybridized carbons (Fsp3) is 0.227. The SMILES string of the molecule is COCCOc1ccc(NC(=O)c2nn(-c3cccc(C(F)(F)F)c3)c(C)cc2=O)cc1F. The number of methoxy groups -OCH3 is 1. The zero-order chi connectivity index (χ0) is 24.2. The lowest BCUT2D eigenvalue weighted by atomic mass is 10.2. The van der Waals surface area contributed by atoms with E-state index in [1.807, 2.05) is 0 Å². The Morgan fingerprint density at radius 2 is 1.88 bits per heavy atom. The minimum atomic E-state index is -4.58. The number of benzene rings is 2. The highest BCUT2D eigenvalue weighted by Crippen LogP contribution is 2.30. The summed E-state index contributed by atoms with van der Waals surface area (Å²) in [4.78, 5) is 25.0. The van der Waals surface area contributed by atoms with Crippen molar-refractivity contribution in [1.82, 2.24) is 9.78 Å². The van der Waals surface area contributed by atoms with Crippen LogP contribution >= 0.6 is 0 Å². The van der Waals surface area contributed by atoms with Gasteiger partial charge in [-0.15, -0.1) is 0 Å². The number of hydrogen-bond donors (Lipinski definition) is 1. The van der Waals surface area contributed by atoms with Crippen molar-refractivity contribution in [1.29, 1.82) is 0 Å². The van der Waals surface area contributed by atoms with Crippen LogP contribution in [0, 0.1) is 12.7 Å². The number of rotatable bonds is 7. The molecule has 0 saturated heterocycles. The maximum absolute atomic E-state index is 14.2. The minimum Gasteiger partial charge on any atom is -0.488 e. The largest absolute Gasteiger partial charge is 0.488 e. The van der Waals surface area contributed by atoms with Gasteiger partial charge in [0.2, 0.25) is 5.43 Å². The summed E-state index contributed by atoms with van der Waals surface area (Å²) in [6.45, 7) is 1.85. The Morgan fingerprint density at radius 1 is 1.12 bits per heavy atom. The average Bonchev–Trinajstić information content (AvgIpc) is 2.75. The predicted molar refractivity (Wildman–Crippen MR) is 111 cm³/mol. The van der Waals surface area contributed by atoms with Gasteiger partial charge >= 0.3 is 6.18 Å². The summed E-state index contributed by atoms with van der Waals surface area (Å²) in [5.74, 6) is -1.75. The molecule has 0 spiro atoms. The van der Waals surface area contributed by atoms with Gasteiger partial charge in [-0.2, -0.15) is 18.3 Å². The lowest BCUT2D eigenvalue weighted by Crippen LogP contribution is -2.27. The summed E-state index contributed by atoms with van der Waals surface area (Å²) >= 11 is 0. The van der Waals surface area contributed by atoms with Crippen molar-refractivity contribution >= 4 is 11.6 Å². The third-order valence-corrected chi connectivity index (χ3v) is 4.48. The van der Waals surface area contributed by atoms with Crippen LogP contribution in [0.4, 0.5) is 23.2 Å². The number of aromatic nitrogens is 2. The van der Waals surface area contributed by atoms with Crippen LogP contribution in [-0.4, -0.2) is 36.0 Å². The fourth-order valence-electron chi connectivity index (χ4n) is 2.90. The summed E-state index contributed by atoms with van der Waals surface area (Å²) < 4.78 is 64.4. The molecule has 3 rings (SSSR count). The van der Waals surface area contributed by atoms with E-state index in [1.54, 1.807) is 0 Å². The first-order valence-electron chi connectivity index (χ1n) is 9.61. The van der Waals surface area contributed by atoms with Gasteiger partial charge in [0.05, 0.1) is 17.9 Å². The van der Waals surface area contributed by atoms with Gasteiger partial charge in [-0.3, -0.25) is 9.59 Å². The highest BCUT2D eigenvalue weighted by atomic mass is 19.4. The van der Waals surface area contributed by atoms with E-state index in [1.165, 1.54) is 38.3 Å². The maximum atomic E-state index is 14.2. The Labute approximate surface area is 185 Å². The van der Waals surface area contributed by atoms with Gasteiger partial charge in [-0.1, -0.05) is 6.07 Å². The monoisotopic (exact) mass is 465 g/mol. The lowest BCUT2D eigenvalue weighted by molar-refractivity contribution is -0.137. The summed E-state index contributed by atoms with van der Waals surface area (Å²) in [7, 11) is 1.47. The van der Waals surface area contributed by atoms with Gasteiger partial charge in [0.25, 0.3) is 5.91 Å². The molecule has 0 aliphatic heterocycles. The molecule has 174 valence electrons. The van der Waals surface area contributed by atoms with Crippen LogP contribution in [0.2, 0.25) is 0 Å². The number of carbonyl (C=O) groups is 1. The van der Waals surface area contributed by atoms with Crippen molar-refractivity contribution in [2.24, 2.45) is 0 Å². The van der Waals surface area contributed by atoms with Crippen molar-refractivity contribution in [3.05, 3.63) is 81.5 Å². The molecule has 0 atom stereocenters. The zero-order valence-corrected chi connectivity index (χ0v) is 17.6. The molecular weight excluding hydrogens is 446 g/mol. The topological polar surface area (TPSA) is 82.4 Å². The molecule has 1 aromatic heterocycles. The number of halogens is 4. The normalized spacial score (nSPS) is 11.3. The minimum absolute atomic E-state index is 0.0139. The summed E-state index contributed by atoms with van der Waals surface area (Å²) in [6, 6.07) is 9.03. The Hall–Kier alpha value is -3.73. The number of aryl methyl sites for hydroxylation is 1. The van der Waals surface area contributed by atoms with Gasteiger partial charge < -0.3 is 14.8 Å². The first-order chi connectivity index (χ1) is 15.6. The van der Waals surface area contributed by atoms with Crippen LogP contribution in [0.15, 0.2) is 53.3 Å². The lowest BCUT2D eigenvalue weighted by Gasteiger charge is -2.14. The van der Waals surface area contributed by atoms with Crippen molar-refractivity contribution in [3.63, 3.8) is 0 Å². The Bertz CT molecular complexity index is 1220. The molecule has 7 nitrogen and oxygen atoms in total. The quantitative estimate of drug-likeness (QED) is 0.422. The number of hydrogen-bond acceptors (Lipinski definition) is 5. The van der Waals surface area contributed by atoms with E-state index in [2.05, 4.69) is 10.4 Å². The Morgan fingerprint density at radius 3 is 2.55 bits per heavy atom. The van der Waals surface area contributed by atoms with Gasteiger partial charge in [0.15, 0.2) is 17.3 Å². The smallest absolute Gasteiger partial charge is 0.416 e. The molecule has 1 heterocycles. The van der Waals surface area contributed by atoms with Crippen LogP contribution < -0.4 is 15.5 Å². The van der Waals surface area contributed by atoms with Crippen LogP contribution in [0.5, 0.6) is 5.75 Å². The van der Waals surface area contributed by atoms with Crippen molar-refractivity contribution in [2.75, 3.05) is 25.6 Å². The van der Waals surface area contributed by atoms with E-state index < -0.39 is 34.6 Å². The summed E-state index contributed by atoms with van der Waals surface area (Å²) in [6.07, 6.45) is -4.58. The maximum Gasteiger partial charge on any atom is 0.416 e. The number of nitrogens with one attached hydrogen (secondary N) is 1. The second kappa shape index (κ2) is 9.82. The second-order valence-corrected chi connectivity index (χ2v) is 6.90. The van der Waals surface area contributed by atoms with Crippen LogP contribution in [-0.2, 0) is 10.9 Å². The molecule has 11 heteroatoms. The average molecular weight is 465 g/mol. The van der Waals surface area contributed by atoms with Gasteiger partial charge in [-0.25, -0.2) is 9.07 Å². The highest BCUT2D eigenvalue weighted by molar-refractivity contribution is 6.02. The highest BCUT2D eigenvalue weighted by Gasteiger charge is 2.30. The molecule has 0 aliphatic rings. The first kappa shape index (κ1) is 23.9. The van der Waals surface area contributed by atoms with E-state index in [0.717, 1.165) is 28.9 Å². The van der Waals surface area contributed by atoms with E-state index in [0.29, 0.717) is 0 Å². The van der Waals surface area contributed by atoms with E-state index in [9.17, 15) is 27.2 Å². The standard InChI is InChI=1S/C22H19F4N3O4/c1-13-10-18(30)20(28-29(13)16-5-3-4-14(11-16)22(24,25)26)21(31)27-15-6-7-19(17(23)12-15)33-9-8-32-2/h3-7,10-12H,8-9H2,1-2H3,(H,27,31). The predicted octanol–water partition coefficient (Wildman–Crippen LogP) is 3.98. The molecule has 33 heavy (non-hydrogen) atoms. The molecule has 1 amide bonds. The third-order valence-electron chi connectivity index (χ3n) is 4.48. The number of amides is 1. The summed E-state index contributed by atoms with van der Waals surface area (Å²) in [5, 5.41) is 6.30. The van der Waals surface area contributed by atoms with Gasteiger partial charge in [-0.05, 0) is 37.3 Å². The number of nitrogens with zero attached hydrogens (tertiary/aromatic N) is 2. The van der Waals surface area contributed by atoms with Crippen molar-refractivity contribution in [3.8, 4) is 11.4 Å². The number of alkyl halides is 3. The van der Waals surface area contributed by atoms with Crippen LogP contribution in [0.25, 0.3) is 5.69 Å². The number of ether oxygens (including phenoxy) is 2. The number of anilines is 1. The molecule has 3 aromatic rings. The molecule has 2 aromatic carbocycles. The Balaban J connectivity index is 1.88.